The predicted octanol–water partition coefficient (Wildman–Crippen LogP) is 1.29. The molecule has 24 heavy (non-hydrogen) atoms. The maximum Gasteiger partial charge on any atom is 0.267 e. The molecule has 6 heteroatoms. The fraction of sp³-hybridized carbons (Fsp3) is 0.389. The van der Waals surface area contributed by atoms with Crippen molar-refractivity contribution in [3.63, 3.8) is 0 Å². The number of amides is 1. The molecule has 1 aromatic carbocycles. The van der Waals surface area contributed by atoms with Gasteiger partial charge in [0.15, 0.2) is 0 Å². The van der Waals surface area contributed by atoms with Crippen molar-refractivity contribution in [1.29, 1.82) is 0 Å². The van der Waals surface area contributed by atoms with E-state index in [9.17, 15) is 9.59 Å². The minimum Gasteiger partial charge on any atom is -0.354 e. The molecule has 1 heterocycles. The van der Waals surface area contributed by atoms with Gasteiger partial charge in [0.25, 0.3) is 5.56 Å². The van der Waals surface area contributed by atoms with Gasteiger partial charge < -0.3 is 10.2 Å². The van der Waals surface area contributed by atoms with Crippen LogP contribution in [0.4, 0.5) is 0 Å². The Labute approximate surface area is 142 Å². The molecule has 0 aliphatic rings. The molecule has 1 amide bonds. The average molecular weight is 328 g/mol. The molecule has 0 unspecified atom stereocenters. The Kier molecular flexibility index (Phi) is 6.26. The third-order valence-electron chi connectivity index (χ3n) is 3.61. The van der Waals surface area contributed by atoms with Crippen LogP contribution in [0.3, 0.4) is 0 Å². The number of benzene rings is 1. The van der Waals surface area contributed by atoms with Crippen LogP contribution in [0.15, 0.2) is 41.2 Å². The lowest BCUT2D eigenvalue weighted by Gasteiger charge is -2.10. The Hall–Kier alpha value is -2.47. The molecule has 0 aliphatic heterocycles. The van der Waals surface area contributed by atoms with Crippen molar-refractivity contribution in [2.75, 3.05) is 27.2 Å². The second-order valence-electron chi connectivity index (χ2n) is 6.09. The number of carbonyl (C=O) groups excluding carboxylic acids is 1. The van der Waals surface area contributed by atoms with Gasteiger partial charge in [-0.1, -0.05) is 29.8 Å². The Bertz CT molecular complexity index is 735. The summed E-state index contributed by atoms with van der Waals surface area (Å²) in [6.45, 7) is 3.43. The summed E-state index contributed by atoms with van der Waals surface area (Å²) in [6.07, 6.45) is 0.866. The van der Waals surface area contributed by atoms with Gasteiger partial charge in [-0.3, -0.25) is 9.59 Å². The summed E-state index contributed by atoms with van der Waals surface area (Å²) in [6, 6.07) is 11.0. The number of rotatable bonds is 7. The summed E-state index contributed by atoms with van der Waals surface area (Å²) in [5, 5.41) is 7.12. The van der Waals surface area contributed by atoms with E-state index in [2.05, 4.69) is 15.3 Å². The predicted molar refractivity (Wildman–Crippen MR) is 94.9 cm³/mol. The molecule has 1 aromatic heterocycles. The third-order valence-corrected chi connectivity index (χ3v) is 3.61. The highest BCUT2D eigenvalue weighted by molar-refractivity contribution is 5.75. The minimum absolute atomic E-state index is 0.0689. The highest BCUT2D eigenvalue weighted by atomic mass is 16.2. The number of hydrogen-bond acceptors (Lipinski definition) is 4. The van der Waals surface area contributed by atoms with Crippen LogP contribution in [0, 0.1) is 6.92 Å². The van der Waals surface area contributed by atoms with Crippen LogP contribution in [0.25, 0.3) is 11.3 Å². The number of aryl methyl sites for hydroxylation is 1. The summed E-state index contributed by atoms with van der Waals surface area (Å²) in [4.78, 5) is 26.0. The first-order valence-electron chi connectivity index (χ1n) is 8.02. The fourth-order valence-electron chi connectivity index (χ4n) is 2.26. The molecule has 0 spiro atoms. The van der Waals surface area contributed by atoms with Crippen molar-refractivity contribution in [3.05, 3.63) is 52.3 Å². The van der Waals surface area contributed by atoms with Crippen molar-refractivity contribution in [2.24, 2.45) is 0 Å². The zero-order valence-electron chi connectivity index (χ0n) is 14.5. The van der Waals surface area contributed by atoms with E-state index < -0.39 is 0 Å². The molecule has 2 aromatic rings. The van der Waals surface area contributed by atoms with Crippen molar-refractivity contribution in [2.45, 2.75) is 19.9 Å². The molecule has 0 radical (unpaired) electrons. The van der Waals surface area contributed by atoms with Gasteiger partial charge in [0.05, 0.1) is 5.69 Å². The first kappa shape index (κ1) is 17.9. The van der Waals surface area contributed by atoms with Gasteiger partial charge in [-0.05, 0) is 40.1 Å². The molecule has 2 rings (SSSR count). The smallest absolute Gasteiger partial charge is 0.267 e. The minimum atomic E-state index is -0.283. The lowest BCUT2D eigenvalue weighted by Crippen LogP contribution is -2.34. The summed E-state index contributed by atoms with van der Waals surface area (Å²) in [5.74, 6) is -0.204. The van der Waals surface area contributed by atoms with E-state index in [1.54, 1.807) is 6.07 Å². The third kappa shape index (κ3) is 5.31. The SMILES string of the molecule is Cc1ccc(-c2ccc(=O)n(CC(=O)NCCCN(C)C)n2)cc1. The van der Waals surface area contributed by atoms with Crippen molar-refractivity contribution < 1.29 is 4.79 Å². The Morgan fingerprint density at radius 3 is 2.54 bits per heavy atom. The Morgan fingerprint density at radius 1 is 1.17 bits per heavy atom. The zero-order chi connectivity index (χ0) is 17.5. The highest BCUT2D eigenvalue weighted by Crippen LogP contribution is 2.15. The van der Waals surface area contributed by atoms with Crippen LogP contribution in [0.2, 0.25) is 0 Å². The molecule has 0 bridgehead atoms. The number of nitrogens with one attached hydrogen (secondary N) is 1. The van der Waals surface area contributed by atoms with Crippen LogP contribution in [0.5, 0.6) is 0 Å². The quantitative estimate of drug-likeness (QED) is 0.778. The van der Waals surface area contributed by atoms with Crippen molar-refractivity contribution >= 4 is 5.91 Å². The van der Waals surface area contributed by atoms with E-state index in [0.717, 1.165) is 24.1 Å². The van der Waals surface area contributed by atoms with Crippen LogP contribution in [-0.4, -0.2) is 47.8 Å². The number of hydrogen-bond donors (Lipinski definition) is 1. The van der Waals surface area contributed by atoms with Crippen LogP contribution >= 0.6 is 0 Å². The highest BCUT2D eigenvalue weighted by Gasteiger charge is 2.07. The maximum absolute atomic E-state index is 12.0. The van der Waals surface area contributed by atoms with Gasteiger partial charge >= 0.3 is 0 Å². The molecule has 6 nitrogen and oxygen atoms in total. The summed E-state index contributed by atoms with van der Waals surface area (Å²) in [5.41, 5.74) is 2.47. The molecule has 0 fully saturated rings. The van der Waals surface area contributed by atoms with Gasteiger partial charge in [-0.2, -0.15) is 5.10 Å². The van der Waals surface area contributed by atoms with E-state index >= 15 is 0 Å². The summed E-state index contributed by atoms with van der Waals surface area (Å²) >= 11 is 0. The van der Waals surface area contributed by atoms with Gasteiger partial charge in [0.1, 0.15) is 6.54 Å². The maximum atomic E-state index is 12.0. The summed E-state index contributed by atoms with van der Waals surface area (Å²) in [7, 11) is 3.98. The largest absolute Gasteiger partial charge is 0.354 e. The molecule has 0 saturated carbocycles. The lowest BCUT2D eigenvalue weighted by atomic mass is 10.1. The van der Waals surface area contributed by atoms with Crippen molar-refractivity contribution in [3.8, 4) is 11.3 Å². The second-order valence-corrected chi connectivity index (χ2v) is 6.09. The normalized spacial score (nSPS) is 10.8. The zero-order valence-corrected chi connectivity index (χ0v) is 14.5. The van der Waals surface area contributed by atoms with Gasteiger partial charge in [-0.15, -0.1) is 0 Å². The molecule has 1 N–H and O–H groups in total. The molecule has 0 atom stereocenters. The van der Waals surface area contributed by atoms with E-state index in [-0.39, 0.29) is 18.0 Å². The molecule has 0 saturated heterocycles. The standard InChI is InChI=1S/C18H24N4O2/c1-14-5-7-15(8-6-14)16-9-10-18(24)22(20-16)13-17(23)19-11-4-12-21(2)3/h5-10H,4,11-13H2,1-3H3,(H,19,23). The molecular weight excluding hydrogens is 304 g/mol. The fourth-order valence-corrected chi connectivity index (χ4v) is 2.26. The average Bonchev–Trinajstić information content (AvgIpc) is 2.54. The van der Waals surface area contributed by atoms with E-state index in [1.165, 1.54) is 10.7 Å². The summed E-state index contributed by atoms with van der Waals surface area (Å²) < 4.78 is 1.20. The Balaban J connectivity index is 2.02. The monoisotopic (exact) mass is 328 g/mol. The second kappa shape index (κ2) is 8.40. The first-order chi connectivity index (χ1) is 11.5. The number of aromatic nitrogens is 2. The molecule has 128 valence electrons. The van der Waals surface area contributed by atoms with Crippen LogP contribution < -0.4 is 10.9 Å². The molecule has 0 aliphatic carbocycles. The topological polar surface area (TPSA) is 67.2 Å². The van der Waals surface area contributed by atoms with Gasteiger partial charge in [0, 0.05) is 18.2 Å². The van der Waals surface area contributed by atoms with Gasteiger partial charge in [-0.25, -0.2) is 4.68 Å². The number of carbonyl (C=O) groups is 1. The Morgan fingerprint density at radius 2 is 1.88 bits per heavy atom. The lowest BCUT2D eigenvalue weighted by molar-refractivity contribution is -0.121. The first-order valence-corrected chi connectivity index (χ1v) is 8.02. The molecular formula is C18H24N4O2. The van der Waals surface area contributed by atoms with Crippen LogP contribution in [-0.2, 0) is 11.3 Å². The number of nitrogens with zero attached hydrogens (tertiary/aromatic N) is 3. The van der Waals surface area contributed by atoms with Gasteiger partial charge in [0.2, 0.25) is 5.91 Å². The van der Waals surface area contributed by atoms with E-state index in [4.69, 9.17) is 0 Å². The van der Waals surface area contributed by atoms with E-state index in [1.807, 2.05) is 45.3 Å². The van der Waals surface area contributed by atoms with Crippen LogP contribution in [0.1, 0.15) is 12.0 Å². The van der Waals surface area contributed by atoms with E-state index in [0.29, 0.717) is 12.2 Å². The van der Waals surface area contributed by atoms with Crippen molar-refractivity contribution in [1.82, 2.24) is 20.0 Å².